The van der Waals surface area contributed by atoms with Crippen LogP contribution in [0.15, 0.2) is 11.6 Å². The summed E-state index contributed by atoms with van der Waals surface area (Å²) >= 11 is 0. The van der Waals surface area contributed by atoms with E-state index in [1.54, 1.807) is 13.8 Å². The van der Waals surface area contributed by atoms with Crippen LogP contribution in [0.3, 0.4) is 0 Å². The number of fused-ring (bicyclic) bond motifs is 7. The summed E-state index contributed by atoms with van der Waals surface area (Å²) < 4.78 is 54.3. The fourth-order valence-corrected chi connectivity index (χ4v) is 16.5. The lowest BCUT2D eigenvalue weighted by atomic mass is 9.33. The number of rotatable bonds is 14. The first-order valence-corrected chi connectivity index (χ1v) is 27.4. The number of hydrogen-bond donors (Lipinski definition) is 11. The number of ether oxygens (including phenoxy) is 9. The van der Waals surface area contributed by atoms with Crippen LogP contribution < -0.4 is 0 Å². The highest BCUT2D eigenvalue weighted by Gasteiger charge is 2.76. The third-order valence-electron chi connectivity index (χ3n) is 21.3. The van der Waals surface area contributed by atoms with E-state index in [9.17, 15) is 70.6 Å². The smallest absolute Gasteiger partial charge is 0.335 e. The predicted molar refractivity (Wildman–Crippen MR) is 261 cm³/mol. The molecule has 0 spiro atoms. The standard InChI is InChI=1S/C54H84O23/c1-22(23(2)71-24(3)57)45(68)70-21-54-26-16-49(4,5)43(42(54)65)73-32(54)17-53(9)25(26)10-11-30-50(6)14-13-31(51(7,20-56)29(50)12-15-52(30,53)8)74-48-40(76-46-36(62)33(59)27(58)19-69-46)38(64)39(41(77-48)44(66)67)75-47-37(63)35(61)34(60)28(18-55)72-47/h10,22-23,26-43,46-48,55-56,58-65H,11-21H2,1-9H3,(H,66,67)/t22-,23+,26+,27+,28+,29?,30+,31+,32+,33+,34+,35+,36+,37+,38+,39-,40+,41-,42+,43-,46+,47+,48-,50+,51+,52-,53-,54+/m0/s1. The van der Waals surface area contributed by atoms with E-state index in [0.717, 1.165) is 0 Å². The van der Waals surface area contributed by atoms with Gasteiger partial charge < -0.3 is 98.8 Å². The summed E-state index contributed by atoms with van der Waals surface area (Å²) in [5.41, 5.74) is -2.40. The number of aliphatic hydroxyl groups excluding tert-OH is 10. The van der Waals surface area contributed by atoms with Crippen molar-refractivity contribution in [3.63, 3.8) is 0 Å². The maximum absolute atomic E-state index is 13.6. The number of carboxylic acids is 1. The summed E-state index contributed by atoms with van der Waals surface area (Å²) in [7, 11) is 0. The summed E-state index contributed by atoms with van der Waals surface area (Å²) in [5, 5.41) is 120. The number of hydrogen-bond acceptors (Lipinski definition) is 22. The number of carbonyl (C=O) groups is 3. The maximum Gasteiger partial charge on any atom is 0.335 e. The molecule has 8 fully saturated rings. The molecule has 4 saturated carbocycles. The van der Waals surface area contributed by atoms with Crippen molar-refractivity contribution in [3.05, 3.63) is 11.6 Å². The Morgan fingerprint density at radius 1 is 0.753 bits per heavy atom. The van der Waals surface area contributed by atoms with E-state index in [4.69, 9.17) is 42.6 Å². The van der Waals surface area contributed by atoms with Crippen LogP contribution in [0, 0.1) is 56.2 Å². The first kappa shape index (κ1) is 59.1. The van der Waals surface area contributed by atoms with Gasteiger partial charge in [-0.2, -0.15) is 0 Å². The van der Waals surface area contributed by atoms with Crippen molar-refractivity contribution < 1.29 is 113 Å². The molecule has 0 radical (unpaired) electrons. The molecule has 1 unspecified atom stereocenters. The molecule has 9 aliphatic rings. The number of allylic oxidation sites excluding steroid dienone is 2. The third-order valence-corrected chi connectivity index (χ3v) is 21.3. The van der Waals surface area contributed by atoms with Gasteiger partial charge in [0.2, 0.25) is 0 Å². The van der Waals surface area contributed by atoms with E-state index in [0.29, 0.717) is 44.9 Å². The number of carboxylic acid groups (broad SMARTS) is 1. The minimum atomic E-state index is -2.09. The molecular formula is C54H84O23. The van der Waals surface area contributed by atoms with Crippen LogP contribution in [-0.4, -0.2) is 217 Å². The van der Waals surface area contributed by atoms with Gasteiger partial charge in [-0.25, -0.2) is 4.79 Å². The Balaban J connectivity index is 0.998. The average Bonchev–Trinajstić information content (AvgIpc) is 3.95. The Morgan fingerprint density at radius 3 is 2.08 bits per heavy atom. The van der Waals surface area contributed by atoms with Crippen molar-refractivity contribution in [1.29, 1.82) is 0 Å². The molecule has 0 aromatic carbocycles. The highest BCUT2D eigenvalue weighted by atomic mass is 16.8. The van der Waals surface area contributed by atoms with Crippen LogP contribution in [0.25, 0.3) is 0 Å². The highest BCUT2D eigenvalue weighted by Crippen LogP contribution is 2.77. The molecule has 23 nitrogen and oxygen atoms in total. The fourth-order valence-electron chi connectivity index (χ4n) is 16.5. The molecule has 0 aromatic heterocycles. The van der Waals surface area contributed by atoms with Crippen molar-refractivity contribution in [2.75, 3.05) is 26.4 Å². The second-order valence-electron chi connectivity index (χ2n) is 25.8. The zero-order valence-corrected chi connectivity index (χ0v) is 45.5. The fraction of sp³-hybridized carbons (Fsp3) is 0.907. The van der Waals surface area contributed by atoms with E-state index in [2.05, 4.69) is 40.7 Å². The van der Waals surface area contributed by atoms with E-state index >= 15 is 0 Å². The van der Waals surface area contributed by atoms with Crippen LogP contribution in [0.4, 0.5) is 0 Å². The second kappa shape index (κ2) is 21.0. The molecule has 9 rings (SSSR count). The Kier molecular flexibility index (Phi) is 16.1. The monoisotopic (exact) mass is 1100 g/mol. The Hall–Kier alpha value is -2.53. The third kappa shape index (κ3) is 9.25. The summed E-state index contributed by atoms with van der Waals surface area (Å²) in [6.07, 6.45) is -22.8. The van der Waals surface area contributed by atoms with E-state index in [-0.39, 0.29) is 36.4 Å². The SMILES string of the molecule is CC(=O)O[C@H](C)[C@H](C)C(=O)OC[C@@]12[C@@H]3CC(C)(C)[C@@H](O[C@@H]1C[C@@]1(C)C3=CC[C@H]3[C@]1(C)CCC1[C@@](C)(CO)[C@H](O[C@H]4O[C@H](C(=O)O)[C@@H](O[C@H]5O[C@H](CO)[C@@H](O)[C@@H](O)[C@H]5O)[C@@H](O)[C@H]4O[C@H]4OC[C@@H](O)[C@@H](O)[C@H]4O)CC[C@]13C)[C@H]2O. The van der Waals surface area contributed by atoms with Crippen molar-refractivity contribution in [2.24, 2.45) is 56.2 Å². The van der Waals surface area contributed by atoms with Gasteiger partial charge in [-0.05, 0) is 98.2 Å². The van der Waals surface area contributed by atoms with Gasteiger partial charge in [0.15, 0.2) is 25.0 Å². The van der Waals surface area contributed by atoms with Crippen LogP contribution in [0.5, 0.6) is 0 Å². The minimum absolute atomic E-state index is 0.0482. The van der Waals surface area contributed by atoms with Crippen molar-refractivity contribution in [1.82, 2.24) is 0 Å². The zero-order chi connectivity index (χ0) is 56.4. The molecule has 11 N–H and O–H groups in total. The molecule has 438 valence electrons. The molecule has 28 atom stereocenters. The molecule has 0 aromatic rings. The lowest BCUT2D eigenvalue weighted by Crippen LogP contribution is -2.69. The van der Waals surface area contributed by atoms with E-state index in [1.807, 2.05) is 6.92 Å². The molecule has 23 heteroatoms. The topological polar surface area (TPSA) is 357 Å². The van der Waals surface area contributed by atoms with Crippen molar-refractivity contribution >= 4 is 17.9 Å². The molecule has 2 bridgehead atoms. The number of carbonyl (C=O) groups excluding carboxylic acids is 2. The maximum atomic E-state index is 13.6. The van der Waals surface area contributed by atoms with Gasteiger partial charge >= 0.3 is 17.9 Å². The van der Waals surface area contributed by atoms with Gasteiger partial charge in [-0.15, -0.1) is 0 Å². The van der Waals surface area contributed by atoms with Crippen LogP contribution in [-0.2, 0) is 57.0 Å². The molecule has 4 heterocycles. The average molecular weight is 1100 g/mol. The van der Waals surface area contributed by atoms with Gasteiger partial charge in [-0.1, -0.05) is 53.2 Å². The van der Waals surface area contributed by atoms with Crippen LogP contribution in [0.2, 0.25) is 0 Å². The lowest BCUT2D eigenvalue weighted by molar-refractivity contribution is -0.387. The Morgan fingerprint density at radius 2 is 1.43 bits per heavy atom. The quantitative estimate of drug-likeness (QED) is 0.0588. The largest absolute Gasteiger partial charge is 0.479 e. The lowest BCUT2D eigenvalue weighted by Gasteiger charge is -2.71. The van der Waals surface area contributed by atoms with Crippen molar-refractivity contribution in [3.8, 4) is 0 Å². The van der Waals surface area contributed by atoms with Gasteiger partial charge in [-0.3, -0.25) is 9.59 Å². The van der Waals surface area contributed by atoms with Crippen molar-refractivity contribution in [2.45, 2.75) is 224 Å². The molecular weight excluding hydrogens is 1020 g/mol. The summed E-state index contributed by atoms with van der Waals surface area (Å²) in [6, 6.07) is 0. The van der Waals surface area contributed by atoms with Gasteiger partial charge in [0.05, 0.1) is 55.6 Å². The highest BCUT2D eigenvalue weighted by molar-refractivity contribution is 5.74. The molecule has 0 amide bonds. The summed E-state index contributed by atoms with van der Waals surface area (Å²) in [4.78, 5) is 38.4. The first-order valence-electron chi connectivity index (χ1n) is 27.4. The van der Waals surface area contributed by atoms with Crippen LogP contribution in [0.1, 0.15) is 107 Å². The van der Waals surface area contributed by atoms with E-state index < -0.39 is 181 Å². The molecule has 4 saturated heterocycles. The summed E-state index contributed by atoms with van der Waals surface area (Å²) in [5.74, 6) is -3.82. The van der Waals surface area contributed by atoms with Crippen LogP contribution >= 0.6 is 0 Å². The summed E-state index contributed by atoms with van der Waals surface area (Å²) in [6.45, 7) is 15.8. The predicted octanol–water partition coefficient (Wildman–Crippen LogP) is -0.586. The zero-order valence-electron chi connectivity index (χ0n) is 45.5. The molecule has 77 heavy (non-hydrogen) atoms. The Bertz CT molecular complexity index is 2230. The number of esters is 2. The van der Waals surface area contributed by atoms with Gasteiger partial charge in [0.1, 0.15) is 73.8 Å². The molecule has 5 aliphatic carbocycles. The van der Waals surface area contributed by atoms with E-state index in [1.165, 1.54) is 12.5 Å². The second-order valence-corrected chi connectivity index (χ2v) is 25.8. The minimum Gasteiger partial charge on any atom is -0.479 e. The normalized spacial score (nSPS) is 51.7. The number of aliphatic carboxylic acids is 1. The number of aliphatic hydroxyl groups is 10. The first-order chi connectivity index (χ1) is 36.0. The van der Waals surface area contributed by atoms with Gasteiger partial charge in [0, 0.05) is 12.3 Å². The van der Waals surface area contributed by atoms with Gasteiger partial charge in [0.25, 0.3) is 0 Å². The Labute approximate surface area is 448 Å². The molecule has 4 aliphatic heterocycles.